The van der Waals surface area contributed by atoms with Crippen molar-refractivity contribution in [1.29, 1.82) is 0 Å². The van der Waals surface area contributed by atoms with Crippen LogP contribution in [-0.4, -0.2) is 24.0 Å². The first-order valence-corrected chi connectivity index (χ1v) is 7.69. The number of rotatable bonds is 3. The summed E-state index contributed by atoms with van der Waals surface area (Å²) in [5.41, 5.74) is 6.46. The summed E-state index contributed by atoms with van der Waals surface area (Å²) >= 11 is 1.78. The largest absolute Gasteiger partial charge is 0.352 e. The van der Waals surface area contributed by atoms with Gasteiger partial charge in [-0.3, -0.25) is 4.79 Å². The van der Waals surface area contributed by atoms with Crippen LogP contribution in [0.4, 0.5) is 4.39 Å². The Morgan fingerprint density at radius 2 is 2.40 bits per heavy atom. The first-order chi connectivity index (χ1) is 9.70. The number of nitrogens with two attached hydrogens (primary N) is 1. The second-order valence-electron chi connectivity index (χ2n) is 4.59. The molecule has 106 valence electrons. The second-order valence-corrected chi connectivity index (χ2v) is 5.74. The minimum Gasteiger partial charge on any atom is -0.352 e. The third-order valence-electron chi connectivity index (χ3n) is 3.13. The standard InChI is InChI=1S/C15H17FN2OS/c16-14-4-3-11(2-1-6-17)8-13(14)9-18-15(19)12-5-7-20-10-12/h3-4,8,12H,5-7,9-10,17H2,(H,18,19). The normalized spacial score (nSPS) is 17.4. The number of carbonyl (C=O) groups excluding carboxylic acids is 1. The van der Waals surface area contributed by atoms with Crippen LogP contribution in [0.3, 0.4) is 0 Å². The SMILES string of the molecule is NCC#Cc1ccc(F)c(CNC(=O)C2CCSC2)c1. The maximum absolute atomic E-state index is 13.7. The summed E-state index contributed by atoms with van der Waals surface area (Å²) in [6, 6.07) is 4.63. The van der Waals surface area contributed by atoms with Gasteiger partial charge in [0, 0.05) is 29.3 Å². The quantitative estimate of drug-likeness (QED) is 0.830. The van der Waals surface area contributed by atoms with Gasteiger partial charge in [0.15, 0.2) is 0 Å². The first-order valence-electron chi connectivity index (χ1n) is 6.53. The van der Waals surface area contributed by atoms with Gasteiger partial charge in [0.25, 0.3) is 0 Å². The molecule has 3 N–H and O–H groups in total. The van der Waals surface area contributed by atoms with Gasteiger partial charge in [0.1, 0.15) is 5.82 Å². The predicted molar refractivity (Wildman–Crippen MR) is 79.6 cm³/mol. The molecule has 3 nitrogen and oxygen atoms in total. The number of thioether (sulfide) groups is 1. The third kappa shape index (κ3) is 3.99. The van der Waals surface area contributed by atoms with Crippen molar-refractivity contribution in [2.75, 3.05) is 18.1 Å². The van der Waals surface area contributed by atoms with E-state index in [9.17, 15) is 9.18 Å². The number of benzene rings is 1. The highest BCUT2D eigenvalue weighted by atomic mass is 32.2. The molecule has 1 aliphatic rings. The highest BCUT2D eigenvalue weighted by Crippen LogP contribution is 2.23. The molecule has 1 atom stereocenters. The van der Waals surface area contributed by atoms with E-state index >= 15 is 0 Å². The fourth-order valence-electron chi connectivity index (χ4n) is 2.01. The molecular formula is C15H17FN2OS. The highest BCUT2D eigenvalue weighted by molar-refractivity contribution is 7.99. The molecule has 1 fully saturated rings. The predicted octanol–water partition coefficient (Wildman–Crippen LogP) is 1.51. The maximum atomic E-state index is 13.7. The zero-order valence-electron chi connectivity index (χ0n) is 11.1. The van der Waals surface area contributed by atoms with E-state index < -0.39 is 0 Å². The van der Waals surface area contributed by atoms with E-state index in [0.29, 0.717) is 11.1 Å². The number of carbonyl (C=O) groups is 1. The fraction of sp³-hybridized carbons (Fsp3) is 0.400. The van der Waals surface area contributed by atoms with Gasteiger partial charge in [-0.05, 0) is 30.4 Å². The number of hydrogen-bond donors (Lipinski definition) is 2. The van der Waals surface area contributed by atoms with Crippen molar-refractivity contribution < 1.29 is 9.18 Å². The topological polar surface area (TPSA) is 55.1 Å². The van der Waals surface area contributed by atoms with Crippen molar-refractivity contribution >= 4 is 17.7 Å². The minimum absolute atomic E-state index is 0.00726. The van der Waals surface area contributed by atoms with Crippen LogP contribution in [0.5, 0.6) is 0 Å². The van der Waals surface area contributed by atoms with Crippen molar-refractivity contribution in [3.05, 3.63) is 35.1 Å². The lowest BCUT2D eigenvalue weighted by Crippen LogP contribution is -2.30. The summed E-state index contributed by atoms with van der Waals surface area (Å²) in [4.78, 5) is 11.9. The van der Waals surface area contributed by atoms with Gasteiger partial charge in [0.05, 0.1) is 6.54 Å². The van der Waals surface area contributed by atoms with E-state index in [1.807, 2.05) is 0 Å². The van der Waals surface area contributed by atoms with Crippen LogP contribution >= 0.6 is 11.8 Å². The lowest BCUT2D eigenvalue weighted by Gasteiger charge is -2.10. The molecule has 0 radical (unpaired) electrons. The van der Waals surface area contributed by atoms with Crippen molar-refractivity contribution in [2.24, 2.45) is 11.7 Å². The first kappa shape index (κ1) is 14.9. The van der Waals surface area contributed by atoms with Gasteiger partial charge in [-0.2, -0.15) is 11.8 Å². The Morgan fingerprint density at radius 3 is 3.10 bits per heavy atom. The fourth-order valence-corrected chi connectivity index (χ4v) is 3.23. The molecule has 0 saturated carbocycles. The summed E-state index contributed by atoms with van der Waals surface area (Å²) < 4.78 is 13.7. The average Bonchev–Trinajstić information content (AvgIpc) is 2.99. The van der Waals surface area contributed by atoms with Crippen molar-refractivity contribution in [1.82, 2.24) is 5.32 Å². The molecule has 0 aromatic heterocycles. The summed E-state index contributed by atoms with van der Waals surface area (Å²) in [6.07, 6.45) is 0.904. The van der Waals surface area contributed by atoms with Crippen LogP contribution in [0, 0.1) is 23.6 Å². The Kier molecular flexibility index (Phi) is 5.45. The van der Waals surface area contributed by atoms with E-state index in [-0.39, 0.29) is 30.7 Å². The van der Waals surface area contributed by atoms with E-state index in [1.165, 1.54) is 6.07 Å². The molecule has 5 heteroatoms. The number of halogens is 1. The van der Waals surface area contributed by atoms with Crippen molar-refractivity contribution in [3.63, 3.8) is 0 Å². The van der Waals surface area contributed by atoms with Crippen molar-refractivity contribution in [2.45, 2.75) is 13.0 Å². The average molecular weight is 292 g/mol. The third-order valence-corrected chi connectivity index (χ3v) is 4.30. The lowest BCUT2D eigenvalue weighted by atomic mass is 10.1. The Hall–Kier alpha value is -1.51. The molecule has 0 bridgehead atoms. The maximum Gasteiger partial charge on any atom is 0.224 e. The van der Waals surface area contributed by atoms with Crippen LogP contribution in [0.15, 0.2) is 18.2 Å². The van der Waals surface area contributed by atoms with Gasteiger partial charge in [-0.1, -0.05) is 11.8 Å². The molecule has 1 aromatic rings. The Labute approximate surface area is 122 Å². The monoisotopic (exact) mass is 292 g/mol. The molecule has 1 unspecified atom stereocenters. The zero-order valence-corrected chi connectivity index (χ0v) is 11.9. The lowest BCUT2D eigenvalue weighted by molar-refractivity contribution is -0.124. The van der Waals surface area contributed by atoms with Gasteiger partial charge < -0.3 is 11.1 Å². The molecule has 2 rings (SSSR count). The number of hydrogen-bond acceptors (Lipinski definition) is 3. The van der Waals surface area contributed by atoms with Gasteiger partial charge in [-0.25, -0.2) is 4.39 Å². The molecule has 1 aromatic carbocycles. The van der Waals surface area contributed by atoms with Crippen molar-refractivity contribution in [3.8, 4) is 11.8 Å². The Bertz CT molecular complexity index is 545. The van der Waals surface area contributed by atoms with E-state index in [4.69, 9.17) is 5.73 Å². The van der Waals surface area contributed by atoms with Crippen LogP contribution in [0.1, 0.15) is 17.5 Å². The Balaban J connectivity index is 1.99. The molecular weight excluding hydrogens is 275 g/mol. The van der Waals surface area contributed by atoms with Crippen LogP contribution in [0.25, 0.3) is 0 Å². The van der Waals surface area contributed by atoms with Gasteiger partial charge >= 0.3 is 0 Å². The van der Waals surface area contributed by atoms with Gasteiger partial charge in [0.2, 0.25) is 5.91 Å². The summed E-state index contributed by atoms with van der Waals surface area (Å²) in [6.45, 7) is 0.465. The van der Waals surface area contributed by atoms with E-state index in [2.05, 4.69) is 17.2 Å². The molecule has 1 aliphatic heterocycles. The minimum atomic E-state index is -0.329. The smallest absolute Gasteiger partial charge is 0.224 e. The molecule has 1 amide bonds. The summed E-state index contributed by atoms with van der Waals surface area (Å²) in [5.74, 6) is 7.20. The van der Waals surface area contributed by atoms with E-state index in [1.54, 1.807) is 23.9 Å². The summed E-state index contributed by atoms with van der Waals surface area (Å²) in [5, 5.41) is 2.80. The number of amides is 1. The molecule has 20 heavy (non-hydrogen) atoms. The van der Waals surface area contributed by atoms with Gasteiger partial charge in [-0.15, -0.1) is 0 Å². The van der Waals surface area contributed by atoms with E-state index in [0.717, 1.165) is 17.9 Å². The van der Waals surface area contributed by atoms with Crippen LogP contribution < -0.4 is 11.1 Å². The van der Waals surface area contributed by atoms with Crippen LogP contribution in [-0.2, 0) is 11.3 Å². The molecule has 1 saturated heterocycles. The molecule has 0 aliphatic carbocycles. The summed E-state index contributed by atoms with van der Waals surface area (Å²) in [7, 11) is 0. The zero-order chi connectivity index (χ0) is 14.4. The second kappa shape index (κ2) is 7.32. The molecule has 1 heterocycles. The molecule has 0 spiro atoms. The van der Waals surface area contributed by atoms with Crippen LogP contribution in [0.2, 0.25) is 0 Å². The number of nitrogens with one attached hydrogen (secondary N) is 1. The Morgan fingerprint density at radius 1 is 1.55 bits per heavy atom. The highest BCUT2D eigenvalue weighted by Gasteiger charge is 2.22.